The maximum atomic E-state index is 13.4. The summed E-state index contributed by atoms with van der Waals surface area (Å²) in [5, 5.41) is 2.99. The lowest BCUT2D eigenvalue weighted by Gasteiger charge is -2.34. The maximum absolute atomic E-state index is 13.4. The van der Waals surface area contributed by atoms with Gasteiger partial charge in [0.2, 0.25) is 0 Å². The van der Waals surface area contributed by atoms with Gasteiger partial charge in [-0.15, -0.1) is 22.7 Å². The summed E-state index contributed by atoms with van der Waals surface area (Å²) in [6, 6.07) is 15.6. The number of amides is 1. The SMILES string of the molecule is O=C(c1cccc(OCc2cscn2)c1)N1CCCCC1c1nc2ccccc2s1. The van der Waals surface area contributed by atoms with E-state index in [9.17, 15) is 4.79 Å². The highest BCUT2D eigenvalue weighted by atomic mass is 32.1. The molecule has 1 amide bonds. The predicted molar refractivity (Wildman–Crippen MR) is 120 cm³/mol. The number of hydrogen-bond donors (Lipinski definition) is 0. The van der Waals surface area contributed by atoms with E-state index in [4.69, 9.17) is 9.72 Å². The standard InChI is InChI=1S/C23H21N3O2S2/c27-23(16-6-5-7-18(12-16)28-13-17-14-29-15-24-17)26-11-4-3-9-20(26)22-25-19-8-1-2-10-21(19)30-22/h1-2,5-8,10,12,14-15,20H,3-4,9,11,13H2. The second kappa shape index (κ2) is 8.53. The van der Waals surface area contributed by atoms with Crippen molar-refractivity contribution in [1.29, 1.82) is 0 Å². The Balaban J connectivity index is 1.37. The van der Waals surface area contributed by atoms with Gasteiger partial charge < -0.3 is 9.64 Å². The number of para-hydroxylation sites is 1. The summed E-state index contributed by atoms with van der Waals surface area (Å²) < 4.78 is 7.01. The Labute approximate surface area is 183 Å². The number of benzene rings is 2. The molecule has 152 valence electrons. The molecule has 1 fully saturated rings. The molecule has 7 heteroatoms. The van der Waals surface area contributed by atoms with E-state index >= 15 is 0 Å². The van der Waals surface area contributed by atoms with E-state index < -0.39 is 0 Å². The first-order valence-corrected chi connectivity index (χ1v) is 11.8. The number of aromatic nitrogens is 2. The Bertz CT molecular complexity index is 1120. The number of hydrogen-bond acceptors (Lipinski definition) is 6. The Morgan fingerprint density at radius 1 is 1.17 bits per heavy atom. The van der Waals surface area contributed by atoms with Gasteiger partial charge in [-0.25, -0.2) is 9.97 Å². The minimum Gasteiger partial charge on any atom is -0.487 e. The van der Waals surface area contributed by atoms with Crippen LogP contribution in [0.25, 0.3) is 10.2 Å². The summed E-state index contributed by atoms with van der Waals surface area (Å²) in [4.78, 5) is 24.5. The molecule has 0 aliphatic carbocycles. The van der Waals surface area contributed by atoms with Gasteiger partial charge in [0.05, 0.1) is 27.5 Å². The first-order chi connectivity index (χ1) is 14.8. The second-order valence-electron chi connectivity index (χ2n) is 7.33. The highest BCUT2D eigenvalue weighted by molar-refractivity contribution is 7.18. The molecule has 3 heterocycles. The smallest absolute Gasteiger partial charge is 0.254 e. The molecule has 1 saturated heterocycles. The summed E-state index contributed by atoms with van der Waals surface area (Å²) in [5.41, 5.74) is 4.34. The first kappa shape index (κ1) is 19.2. The fourth-order valence-corrected chi connectivity index (χ4v) is 5.47. The zero-order chi connectivity index (χ0) is 20.3. The van der Waals surface area contributed by atoms with Gasteiger partial charge in [-0.05, 0) is 49.6 Å². The van der Waals surface area contributed by atoms with Crippen molar-refractivity contribution in [1.82, 2.24) is 14.9 Å². The zero-order valence-corrected chi connectivity index (χ0v) is 18.0. The van der Waals surface area contributed by atoms with Crippen LogP contribution in [0.15, 0.2) is 59.4 Å². The molecule has 30 heavy (non-hydrogen) atoms. The summed E-state index contributed by atoms with van der Waals surface area (Å²) in [7, 11) is 0. The van der Waals surface area contributed by atoms with E-state index in [1.165, 1.54) is 4.70 Å². The third-order valence-electron chi connectivity index (χ3n) is 5.31. The molecule has 5 rings (SSSR count). The first-order valence-electron chi connectivity index (χ1n) is 10.0. The minimum absolute atomic E-state index is 0.0308. The van der Waals surface area contributed by atoms with Gasteiger partial charge in [-0.1, -0.05) is 18.2 Å². The number of thiazole rings is 2. The Kier molecular flexibility index (Phi) is 5.46. The number of carbonyl (C=O) groups excluding carboxylic acids is 1. The fraction of sp³-hybridized carbons (Fsp3) is 0.261. The van der Waals surface area contributed by atoms with Crippen LogP contribution in [0.1, 0.15) is 46.4 Å². The van der Waals surface area contributed by atoms with Gasteiger partial charge in [-0.2, -0.15) is 0 Å². The van der Waals surface area contributed by atoms with Crippen LogP contribution in [-0.2, 0) is 6.61 Å². The van der Waals surface area contributed by atoms with E-state index in [-0.39, 0.29) is 11.9 Å². The van der Waals surface area contributed by atoms with Crippen molar-refractivity contribution in [2.24, 2.45) is 0 Å². The van der Waals surface area contributed by atoms with Crippen LogP contribution in [-0.4, -0.2) is 27.3 Å². The number of piperidine rings is 1. The molecule has 0 saturated carbocycles. The second-order valence-corrected chi connectivity index (χ2v) is 9.11. The van der Waals surface area contributed by atoms with Crippen molar-refractivity contribution in [3.63, 3.8) is 0 Å². The summed E-state index contributed by atoms with van der Waals surface area (Å²) in [5.74, 6) is 0.723. The molecule has 1 aliphatic heterocycles. The van der Waals surface area contributed by atoms with Crippen molar-refractivity contribution in [3.8, 4) is 5.75 Å². The quantitative estimate of drug-likeness (QED) is 0.404. The van der Waals surface area contributed by atoms with Gasteiger partial charge in [0.15, 0.2) is 0 Å². The largest absolute Gasteiger partial charge is 0.487 e. The Morgan fingerprint density at radius 2 is 2.10 bits per heavy atom. The van der Waals surface area contributed by atoms with E-state index in [1.807, 2.05) is 52.7 Å². The van der Waals surface area contributed by atoms with Crippen LogP contribution >= 0.6 is 22.7 Å². The summed E-state index contributed by atoms with van der Waals surface area (Å²) >= 11 is 3.24. The molecule has 0 bridgehead atoms. The fourth-order valence-electron chi connectivity index (χ4n) is 3.81. The lowest BCUT2D eigenvalue weighted by molar-refractivity contribution is 0.0611. The van der Waals surface area contributed by atoms with Crippen LogP contribution < -0.4 is 4.74 Å². The van der Waals surface area contributed by atoms with Gasteiger partial charge >= 0.3 is 0 Å². The van der Waals surface area contributed by atoms with Crippen molar-refractivity contribution in [3.05, 3.63) is 75.7 Å². The van der Waals surface area contributed by atoms with Gasteiger partial charge in [0.25, 0.3) is 5.91 Å². The van der Waals surface area contributed by atoms with Crippen molar-refractivity contribution in [2.75, 3.05) is 6.54 Å². The topological polar surface area (TPSA) is 55.3 Å². The molecule has 1 aliphatic rings. The average Bonchev–Trinajstić information content (AvgIpc) is 3.47. The molecule has 2 aromatic heterocycles. The van der Waals surface area contributed by atoms with E-state index in [0.717, 1.165) is 42.0 Å². The molecule has 4 aromatic rings. The van der Waals surface area contributed by atoms with Crippen molar-refractivity contribution in [2.45, 2.75) is 31.9 Å². The van der Waals surface area contributed by atoms with E-state index in [1.54, 1.807) is 28.2 Å². The summed E-state index contributed by atoms with van der Waals surface area (Å²) in [6.07, 6.45) is 3.08. The molecule has 0 radical (unpaired) electrons. The lowest BCUT2D eigenvalue weighted by Crippen LogP contribution is -2.38. The number of nitrogens with zero attached hydrogens (tertiary/aromatic N) is 3. The minimum atomic E-state index is 0.0308. The molecule has 5 nitrogen and oxygen atoms in total. The highest BCUT2D eigenvalue weighted by Gasteiger charge is 2.31. The number of ether oxygens (including phenoxy) is 1. The Hall–Kier alpha value is -2.77. The monoisotopic (exact) mass is 435 g/mol. The number of carbonyl (C=O) groups is 1. The normalized spacial score (nSPS) is 16.7. The molecule has 1 unspecified atom stereocenters. The van der Waals surface area contributed by atoms with Crippen LogP contribution in [0.2, 0.25) is 0 Å². The molecule has 0 N–H and O–H groups in total. The summed E-state index contributed by atoms with van der Waals surface area (Å²) in [6.45, 7) is 1.16. The van der Waals surface area contributed by atoms with E-state index in [2.05, 4.69) is 11.1 Å². The van der Waals surface area contributed by atoms with Crippen LogP contribution in [0.5, 0.6) is 5.75 Å². The molecular weight excluding hydrogens is 414 g/mol. The van der Waals surface area contributed by atoms with Crippen LogP contribution in [0, 0.1) is 0 Å². The van der Waals surface area contributed by atoms with Gasteiger partial charge in [0.1, 0.15) is 17.4 Å². The van der Waals surface area contributed by atoms with Crippen molar-refractivity contribution >= 4 is 38.8 Å². The van der Waals surface area contributed by atoms with Crippen molar-refractivity contribution < 1.29 is 9.53 Å². The average molecular weight is 436 g/mol. The molecule has 2 aromatic carbocycles. The molecular formula is C23H21N3O2S2. The predicted octanol–water partition coefficient (Wildman–Crippen LogP) is 5.70. The Morgan fingerprint density at radius 3 is 2.97 bits per heavy atom. The number of fused-ring (bicyclic) bond motifs is 1. The van der Waals surface area contributed by atoms with Crippen LogP contribution in [0.3, 0.4) is 0 Å². The van der Waals surface area contributed by atoms with E-state index in [0.29, 0.717) is 17.9 Å². The number of likely N-dealkylation sites (tertiary alicyclic amines) is 1. The number of rotatable bonds is 5. The van der Waals surface area contributed by atoms with Gasteiger partial charge in [-0.3, -0.25) is 4.79 Å². The molecule has 1 atom stereocenters. The van der Waals surface area contributed by atoms with Crippen LogP contribution in [0.4, 0.5) is 0 Å². The molecule has 0 spiro atoms. The third kappa shape index (κ3) is 3.95. The zero-order valence-electron chi connectivity index (χ0n) is 16.4. The lowest BCUT2D eigenvalue weighted by atomic mass is 10.0. The highest BCUT2D eigenvalue weighted by Crippen LogP contribution is 2.36. The maximum Gasteiger partial charge on any atom is 0.254 e. The third-order valence-corrected chi connectivity index (χ3v) is 7.08. The van der Waals surface area contributed by atoms with Gasteiger partial charge in [0, 0.05) is 17.5 Å².